The first-order valence-corrected chi connectivity index (χ1v) is 8.48. The van der Waals surface area contributed by atoms with Gasteiger partial charge >= 0.3 is 5.97 Å². The molecule has 0 fully saturated rings. The number of hydrogen-bond donors (Lipinski definition) is 0. The van der Waals surface area contributed by atoms with Crippen molar-refractivity contribution in [2.45, 2.75) is 0 Å². The summed E-state index contributed by atoms with van der Waals surface area (Å²) in [6.45, 7) is -0.574. The maximum absolute atomic E-state index is 12.4. The summed E-state index contributed by atoms with van der Waals surface area (Å²) in [6.07, 6.45) is 1.63. The number of anilines is 1. The molecule has 0 aliphatic carbocycles. The minimum atomic E-state index is -0.654. The summed E-state index contributed by atoms with van der Waals surface area (Å²) < 4.78 is 10.6. The van der Waals surface area contributed by atoms with Crippen molar-refractivity contribution in [2.75, 3.05) is 24.7 Å². The van der Waals surface area contributed by atoms with Gasteiger partial charge in [-0.05, 0) is 36.4 Å². The van der Waals surface area contributed by atoms with Crippen molar-refractivity contribution in [1.82, 2.24) is 0 Å². The first-order valence-electron chi connectivity index (χ1n) is 8.11. The zero-order valence-corrected chi connectivity index (χ0v) is 15.0. The first-order chi connectivity index (χ1) is 13.1. The third-order valence-corrected chi connectivity index (χ3v) is 4.11. The summed E-state index contributed by atoms with van der Waals surface area (Å²) in [4.78, 5) is 25.9. The van der Waals surface area contributed by atoms with E-state index in [4.69, 9.17) is 26.3 Å². The molecule has 0 spiro atoms. The number of nitriles is 1. The Hall–Kier alpha value is -3.30. The molecule has 1 aliphatic heterocycles. The molecule has 6 nitrogen and oxygen atoms in total. The Morgan fingerprint density at radius 1 is 1.22 bits per heavy atom. The molecule has 0 N–H and O–H groups in total. The van der Waals surface area contributed by atoms with Crippen molar-refractivity contribution in [1.29, 1.82) is 5.26 Å². The fourth-order valence-electron chi connectivity index (χ4n) is 2.57. The molecule has 1 aliphatic rings. The van der Waals surface area contributed by atoms with E-state index in [2.05, 4.69) is 0 Å². The maximum atomic E-state index is 12.4. The quantitative estimate of drug-likeness (QED) is 0.586. The van der Waals surface area contributed by atoms with Crippen LogP contribution in [0, 0.1) is 11.3 Å². The molecule has 2 aromatic rings. The fourth-order valence-corrected chi connectivity index (χ4v) is 2.75. The lowest BCUT2D eigenvalue weighted by Crippen LogP contribution is -2.35. The van der Waals surface area contributed by atoms with Gasteiger partial charge in [-0.1, -0.05) is 29.8 Å². The molecule has 3 rings (SSSR count). The van der Waals surface area contributed by atoms with Gasteiger partial charge in [-0.25, -0.2) is 4.79 Å². The largest absolute Gasteiger partial charge is 0.488 e. The topological polar surface area (TPSA) is 79.6 Å². The minimum Gasteiger partial charge on any atom is -0.488 e. The molecule has 7 heteroatoms. The summed E-state index contributed by atoms with van der Waals surface area (Å²) in [5, 5.41) is 9.48. The van der Waals surface area contributed by atoms with Gasteiger partial charge < -0.3 is 9.47 Å². The first kappa shape index (κ1) is 18.5. The standard InChI is InChI=1S/C20H15ClN2O4/c21-16-6-7-18-14(11-16)10-15(12-26-18)20(25)27-13-19(24)23(9-8-22)17-4-2-1-3-5-17/h1-7,10-11H,9,12-13H2. The zero-order valence-electron chi connectivity index (χ0n) is 14.2. The number of nitrogens with zero attached hydrogens (tertiary/aromatic N) is 2. The molecular weight excluding hydrogens is 368 g/mol. The number of carbonyl (C=O) groups is 2. The van der Waals surface area contributed by atoms with Crippen molar-refractivity contribution in [3.63, 3.8) is 0 Å². The third kappa shape index (κ3) is 4.46. The fraction of sp³-hybridized carbons (Fsp3) is 0.150. The molecule has 1 heterocycles. The highest BCUT2D eigenvalue weighted by Crippen LogP contribution is 2.29. The summed E-state index contributed by atoms with van der Waals surface area (Å²) >= 11 is 5.95. The van der Waals surface area contributed by atoms with Crippen LogP contribution < -0.4 is 9.64 Å². The Morgan fingerprint density at radius 2 is 2.00 bits per heavy atom. The summed E-state index contributed by atoms with van der Waals surface area (Å²) in [5.74, 6) is -0.521. The van der Waals surface area contributed by atoms with Crippen LogP contribution in [-0.4, -0.2) is 31.6 Å². The molecule has 0 saturated heterocycles. The van der Waals surface area contributed by atoms with Gasteiger partial charge in [-0.2, -0.15) is 5.26 Å². The molecule has 0 atom stereocenters. The number of rotatable bonds is 5. The second-order valence-electron chi connectivity index (χ2n) is 5.69. The van der Waals surface area contributed by atoms with Gasteiger partial charge in [-0.3, -0.25) is 9.69 Å². The highest BCUT2D eigenvalue weighted by molar-refractivity contribution is 6.30. The van der Waals surface area contributed by atoms with E-state index >= 15 is 0 Å². The van der Waals surface area contributed by atoms with Crippen LogP contribution >= 0.6 is 11.6 Å². The van der Waals surface area contributed by atoms with Crippen LogP contribution in [0.15, 0.2) is 54.1 Å². The van der Waals surface area contributed by atoms with Gasteiger partial charge in [0.1, 0.15) is 18.9 Å². The van der Waals surface area contributed by atoms with E-state index in [1.165, 1.54) is 4.90 Å². The third-order valence-electron chi connectivity index (χ3n) is 3.87. The van der Waals surface area contributed by atoms with Gasteiger partial charge in [0.05, 0.1) is 11.6 Å². The van der Waals surface area contributed by atoms with Crippen molar-refractivity contribution in [2.24, 2.45) is 0 Å². The predicted molar refractivity (Wildman–Crippen MR) is 100 cm³/mol. The Labute approximate surface area is 161 Å². The van der Waals surface area contributed by atoms with Crippen LogP contribution in [0.4, 0.5) is 5.69 Å². The van der Waals surface area contributed by atoms with Crippen molar-refractivity contribution >= 4 is 35.2 Å². The van der Waals surface area contributed by atoms with E-state index in [0.717, 1.165) is 0 Å². The van der Waals surface area contributed by atoms with Crippen LogP contribution in [0.3, 0.4) is 0 Å². The molecule has 0 bridgehead atoms. The Bertz CT molecular complexity index is 935. The predicted octanol–water partition coefficient (Wildman–Crippen LogP) is 3.22. The van der Waals surface area contributed by atoms with Gasteiger partial charge in [-0.15, -0.1) is 0 Å². The van der Waals surface area contributed by atoms with Crippen LogP contribution in [0.2, 0.25) is 5.02 Å². The Kier molecular flexibility index (Phi) is 5.74. The van der Waals surface area contributed by atoms with Crippen molar-refractivity contribution in [3.05, 3.63) is 64.7 Å². The number of fused-ring (bicyclic) bond motifs is 1. The number of halogens is 1. The lowest BCUT2D eigenvalue weighted by molar-refractivity contribution is -0.144. The molecule has 0 unspecified atom stereocenters. The molecule has 0 aromatic heterocycles. The lowest BCUT2D eigenvalue weighted by atomic mass is 10.1. The molecule has 0 radical (unpaired) electrons. The second kappa shape index (κ2) is 8.39. The van der Waals surface area contributed by atoms with Crippen LogP contribution in [0.25, 0.3) is 6.08 Å². The number of esters is 1. The molecule has 0 saturated carbocycles. The van der Waals surface area contributed by atoms with E-state index in [1.54, 1.807) is 54.6 Å². The highest BCUT2D eigenvalue weighted by Gasteiger charge is 2.22. The SMILES string of the molecule is N#CCN(C(=O)COC(=O)C1=Cc2cc(Cl)ccc2OC1)c1ccccc1. The average molecular weight is 383 g/mol. The molecule has 136 valence electrons. The minimum absolute atomic E-state index is 0.0439. The van der Waals surface area contributed by atoms with Crippen molar-refractivity contribution in [3.8, 4) is 11.8 Å². The summed E-state index contributed by atoms with van der Waals surface area (Å²) in [7, 11) is 0. The maximum Gasteiger partial charge on any atom is 0.338 e. The highest BCUT2D eigenvalue weighted by atomic mass is 35.5. The number of benzene rings is 2. The molecule has 1 amide bonds. The Balaban J connectivity index is 1.66. The average Bonchev–Trinajstić information content (AvgIpc) is 2.70. The van der Waals surface area contributed by atoms with Gasteiger partial charge in [0.2, 0.25) is 0 Å². The molecule has 2 aromatic carbocycles. The number of hydrogen-bond acceptors (Lipinski definition) is 5. The monoisotopic (exact) mass is 382 g/mol. The molecule has 27 heavy (non-hydrogen) atoms. The van der Waals surface area contributed by atoms with Crippen LogP contribution in [0.5, 0.6) is 5.75 Å². The number of carbonyl (C=O) groups excluding carboxylic acids is 2. The normalized spacial score (nSPS) is 12.1. The number of ether oxygens (including phenoxy) is 2. The van der Waals surface area contributed by atoms with Crippen molar-refractivity contribution < 1.29 is 19.1 Å². The van der Waals surface area contributed by atoms with E-state index in [9.17, 15) is 9.59 Å². The van der Waals surface area contributed by atoms with Crippen LogP contribution in [-0.2, 0) is 14.3 Å². The van der Waals surface area contributed by atoms with E-state index < -0.39 is 18.5 Å². The summed E-state index contributed by atoms with van der Waals surface area (Å²) in [6, 6.07) is 15.8. The second-order valence-corrected chi connectivity index (χ2v) is 6.13. The van der Waals surface area contributed by atoms with E-state index in [-0.39, 0.29) is 18.7 Å². The van der Waals surface area contributed by atoms with E-state index in [1.807, 2.05) is 6.07 Å². The zero-order chi connectivity index (χ0) is 19.2. The van der Waals surface area contributed by atoms with Crippen LogP contribution in [0.1, 0.15) is 5.56 Å². The number of para-hydroxylation sites is 1. The summed E-state index contributed by atoms with van der Waals surface area (Å²) in [5.41, 5.74) is 1.51. The lowest BCUT2D eigenvalue weighted by Gasteiger charge is -2.20. The van der Waals surface area contributed by atoms with Gasteiger partial charge in [0, 0.05) is 16.3 Å². The van der Waals surface area contributed by atoms with Gasteiger partial charge in [0.25, 0.3) is 5.91 Å². The molecular formula is C20H15ClN2O4. The van der Waals surface area contributed by atoms with Gasteiger partial charge in [0.15, 0.2) is 6.61 Å². The Morgan fingerprint density at radius 3 is 2.74 bits per heavy atom. The smallest absolute Gasteiger partial charge is 0.338 e. The van der Waals surface area contributed by atoms with E-state index in [0.29, 0.717) is 22.0 Å². The number of amides is 1.